The van der Waals surface area contributed by atoms with E-state index in [0.717, 1.165) is 17.1 Å². The van der Waals surface area contributed by atoms with Gasteiger partial charge in [0, 0.05) is 6.42 Å². The molecule has 1 aliphatic heterocycles. The van der Waals surface area contributed by atoms with E-state index in [-0.39, 0.29) is 17.9 Å². The maximum Gasteiger partial charge on any atom is 0.220 e. The first-order chi connectivity index (χ1) is 10.1. The first kappa shape index (κ1) is 15.6. The molecule has 0 fully saturated rings. The summed E-state index contributed by atoms with van der Waals surface area (Å²) in [6, 6.07) is 5.82. The molecule has 1 aromatic carbocycles. The molecule has 0 saturated carbocycles. The topological polar surface area (TPSA) is 73.6 Å². The van der Waals surface area contributed by atoms with E-state index in [1.54, 1.807) is 0 Å². The Labute approximate surface area is 125 Å². The van der Waals surface area contributed by atoms with E-state index in [0.29, 0.717) is 32.6 Å². The summed E-state index contributed by atoms with van der Waals surface area (Å²) in [5, 5.41) is 3.08. The summed E-state index contributed by atoms with van der Waals surface area (Å²) in [6.45, 7) is 5.85. The van der Waals surface area contributed by atoms with Crippen LogP contribution < -0.4 is 20.5 Å². The van der Waals surface area contributed by atoms with Crippen molar-refractivity contribution in [2.75, 3.05) is 19.8 Å². The molecular formula is C16H24N2O3. The number of rotatable bonds is 6. The van der Waals surface area contributed by atoms with Gasteiger partial charge in [0.25, 0.3) is 0 Å². The van der Waals surface area contributed by atoms with Crippen molar-refractivity contribution < 1.29 is 14.3 Å². The smallest absolute Gasteiger partial charge is 0.220 e. The monoisotopic (exact) mass is 292 g/mol. The van der Waals surface area contributed by atoms with Crippen molar-refractivity contribution in [1.82, 2.24) is 5.32 Å². The Morgan fingerprint density at radius 2 is 2.00 bits per heavy atom. The maximum absolute atomic E-state index is 12.0. The second-order valence-corrected chi connectivity index (χ2v) is 5.58. The van der Waals surface area contributed by atoms with Crippen LogP contribution in [-0.2, 0) is 4.79 Å². The lowest BCUT2D eigenvalue weighted by molar-refractivity contribution is -0.122. The van der Waals surface area contributed by atoms with Crippen LogP contribution in [0.2, 0.25) is 0 Å². The fraction of sp³-hybridized carbons (Fsp3) is 0.562. The number of hydrogen-bond acceptors (Lipinski definition) is 4. The van der Waals surface area contributed by atoms with E-state index >= 15 is 0 Å². The standard InChI is InChI=1S/C16H24N2O3/c1-11(2)16(18-15(19)4-3-7-17)12-5-6-13-14(10-12)21-9-8-20-13/h5-6,10-11,16H,3-4,7-9,17H2,1-2H3,(H,18,19). The van der Waals surface area contributed by atoms with Crippen LogP contribution in [0.25, 0.3) is 0 Å². The third-order valence-corrected chi connectivity index (χ3v) is 3.52. The predicted molar refractivity (Wildman–Crippen MR) is 81.4 cm³/mol. The molecule has 1 atom stereocenters. The second kappa shape index (κ2) is 7.31. The van der Waals surface area contributed by atoms with E-state index in [1.807, 2.05) is 18.2 Å². The number of hydrogen-bond donors (Lipinski definition) is 2. The Morgan fingerprint density at radius 1 is 1.29 bits per heavy atom. The molecule has 5 heteroatoms. The molecule has 1 unspecified atom stereocenters. The number of fused-ring (bicyclic) bond motifs is 1. The van der Waals surface area contributed by atoms with Gasteiger partial charge >= 0.3 is 0 Å². The van der Waals surface area contributed by atoms with Gasteiger partial charge in [-0.2, -0.15) is 0 Å². The Bertz CT molecular complexity index is 488. The largest absolute Gasteiger partial charge is 0.486 e. The Kier molecular flexibility index (Phi) is 5.44. The van der Waals surface area contributed by atoms with Crippen LogP contribution in [-0.4, -0.2) is 25.7 Å². The highest BCUT2D eigenvalue weighted by molar-refractivity contribution is 5.76. The first-order valence-electron chi connectivity index (χ1n) is 7.50. The van der Waals surface area contributed by atoms with Crippen LogP contribution in [0, 0.1) is 5.92 Å². The molecule has 1 aliphatic rings. The molecule has 3 N–H and O–H groups in total. The van der Waals surface area contributed by atoms with Gasteiger partial charge in [-0.25, -0.2) is 0 Å². The van der Waals surface area contributed by atoms with Crippen molar-refractivity contribution in [2.45, 2.75) is 32.7 Å². The van der Waals surface area contributed by atoms with Crippen LogP contribution in [0.5, 0.6) is 11.5 Å². The van der Waals surface area contributed by atoms with E-state index in [1.165, 1.54) is 0 Å². The third kappa shape index (κ3) is 4.11. The van der Waals surface area contributed by atoms with Crippen molar-refractivity contribution in [3.05, 3.63) is 23.8 Å². The number of carbonyl (C=O) groups excluding carboxylic acids is 1. The molecule has 5 nitrogen and oxygen atoms in total. The molecule has 21 heavy (non-hydrogen) atoms. The van der Waals surface area contributed by atoms with Crippen LogP contribution in [0.3, 0.4) is 0 Å². The Morgan fingerprint density at radius 3 is 2.67 bits per heavy atom. The minimum atomic E-state index is -0.0360. The van der Waals surface area contributed by atoms with E-state index in [2.05, 4.69) is 19.2 Å². The summed E-state index contributed by atoms with van der Waals surface area (Å²) in [5.41, 5.74) is 6.48. The molecule has 116 valence electrons. The van der Waals surface area contributed by atoms with Gasteiger partial charge in [-0.1, -0.05) is 19.9 Å². The normalized spacial score (nSPS) is 14.9. The van der Waals surface area contributed by atoms with Crippen LogP contribution in [0.1, 0.15) is 38.3 Å². The zero-order valence-corrected chi connectivity index (χ0v) is 12.7. The molecule has 0 aliphatic carbocycles. The number of ether oxygens (including phenoxy) is 2. The highest BCUT2D eigenvalue weighted by Gasteiger charge is 2.21. The average Bonchev–Trinajstić information content (AvgIpc) is 2.49. The van der Waals surface area contributed by atoms with Crippen molar-refractivity contribution in [1.29, 1.82) is 0 Å². The summed E-state index contributed by atoms with van der Waals surface area (Å²) in [7, 11) is 0. The molecule has 0 spiro atoms. The lowest BCUT2D eigenvalue weighted by Gasteiger charge is -2.25. The van der Waals surface area contributed by atoms with E-state index in [9.17, 15) is 4.79 Å². The lowest BCUT2D eigenvalue weighted by Crippen LogP contribution is -2.32. The average molecular weight is 292 g/mol. The molecule has 1 heterocycles. The van der Waals surface area contributed by atoms with Gasteiger partial charge in [-0.15, -0.1) is 0 Å². The summed E-state index contributed by atoms with van der Waals surface area (Å²) >= 11 is 0. The number of nitrogens with one attached hydrogen (secondary N) is 1. The second-order valence-electron chi connectivity index (χ2n) is 5.58. The van der Waals surface area contributed by atoms with Crippen LogP contribution in [0.15, 0.2) is 18.2 Å². The predicted octanol–water partition coefficient (Wildman–Crippen LogP) is 2.01. The molecule has 0 radical (unpaired) electrons. The molecule has 1 aromatic rings. The number of nitrogens with two attached hydrogens (primary N) is 1. The van der Waals surface area contributed by atoms with Crippen molar-refractivity contribution >= 4 is 5.91 Å². The summed E-state index contributed by atoms with van der Waals surface area (Å²) in [4.78, 5) is 12.0. The zero-order valence-electron chi connectivity index (χ0n) is 12.7. The highest BCUT2D eigenvalue weighted by atomic mass is 16.6. The SMILES string of the molecule is CC(C)C(NC(=O)CCCN)c1ccc2c(c1)OCCO2. The quantitative estimate of drug-likeness (QED) is 0.841. The number of benzene rings is 1. The lowest BCUT2D eigenvalue weighted by atomic mass is 9.95. The molecular weight excluding hydrogens is 268 g/mol. The summed E-state index contributed by atoms with van der Waals surface area (Å²) < 4.78 is 11.1. The van der Waals surface area contributed by atoms with Gasteiger partial charge in [-0.3, -0.25) is 4.79 Å². The molecule has 1 amide bonds. The first-order valence-corrected chi connectivity index (χ1v) is 7.50. The van der Waals surface area contributed by atoms with Crippen LogP contribution >= 0.6 is 0 Å². The minimum absolute atomic E-state index is 0.0360. The summed E-state index contributed by atoms with van der Waals surface area (Å²) in [6.07, 6.45) is 1.17. The van der Waals surface area contributed by atoms with Crippen molar-refractivity contribution in [3.63, 3.8) is 0 Å². The van der Waals surface area contributed by atoms with Gasteiger partial charge in [0.15, 0.2) is 11.5 Å². The Balaban J connectivity index is 2.12. The summed E-state index contributed by atoms with van der Waals surface area (Å²) in [5.74, 6) is 1.84. The van der Waals surface area contributed by atoms with Crippen molar-refractivity contribution in [3.8, 4) is 11.5 Å². The molecule has 2 rings (SSSR count). The van der Waals surface area contributed by atoms with Crippen molar-refractivity contribution in [2.24, 2.45) is 11.7 Å². The minimum Gasteiger partial charge on any atom is -0.486 e. The Hall–Kier alpha value is -1.75. The third-order valence-electron chi connectivity index (χ3n) is 3.52. The fourth-order valence-corrected chi connectivity index (χ4v) is 2.40. The van der Waals surface area contributed by atoms with Gasteiger partial charge in [0.2, 0.25) is 5.91 Å². The van der Waals surface area contributed by atoms with Crippen LogP contribution in [0.4, 0.5) is 0 Å². The molecule has 0 bridgehead atoms. The van der Waals surface area contributed by atoms with Gasteiger partial charge in [0.1, 0.15) is 13.2 Å². The molecule has 0 saturated heterocycles. The fourth-order valence-electron chi connectivity index (χ4n) is 2.40. The number of carbonyl (C=O) groups is 1. The van der Waals surface area contributed by atoms with Gasteiger partial charge < -0.3 is 20.5 Å². The highest BCUT2D eigenvalue weighted by Crippen LogP contribution is 2.34. The zero-order chi connectivity index (χ0) is 15.2. The van der Waals surface area contributed by atoms with E-state index in [4.69, 9.17) is 15.2 Å². The van der Waals surface area contributed by atoms with E-state index < -0.39 is 0 Å². The molecule has 0 aromatic heterocycles. The van der Waals surface area contributed by atoms with Gasteiger partial charge in [0.05, 0.1) is 6.04 Å². The van der Waals surface area contributed by atoms with Gasteiger partial charge in [-0.05, 0) is 36.6 Å². The maximum atomic E-state index is 12.0. The number of amides is 1.